The highest BCUT2D eigenvalue weighted by Gasteiger charge is 2.31. The Balaban J connectivity index is 1.39. The van der Waals surface area contributed by atoms with Gasteiger partial charge in [-0.2, -0.15) is 0 Å². The average molecular weight is 485 g/mol. The molecule has 0 saturated carbocycles. The molecule has 1 aliphatic heterocycles. The van der Waals surface area contributed by atoms with Gasteiger partial charge in [0.15, 0.2) is 5.82 Å². The Hall–Kier alpha value is -3.91. The molecule has 8 nitrogen and oxygen atoms in total. The number of hydrogen-bond donors (Lipinski definition) is 0. The van der Waals surface area contributed by atoms with E-state index < -0.39 is 0 Å². The van der Waals surface area contributed by atoms with Crippen molar-refractivity contribution in [2.24, 2.45) is 0 Å². The van der Waals surface area contributed by atoms with Crippen LogP contribution in [0.15, 0.2) is 78.9 Å². The first-order chi connectivity index (χ1) is 17.8. The quantitative estimate of drug-likeness (QED) is 0.358. The normalized spacial score (nSPS) is 15.0. The zero-order valence-electron chi connectivity index (χ0n) is 20.8. The smallest absolute Gasteiger partial charge is 0.173 e. The van der Waals surface area contributed by atoms with Crippen molar-refractivity contribution < 1.29 is 9.47 Å². The fraction of sp³-hybridized carbons (Fsp3) is 0.321. The number of rotatable bonds is 9. The van der Waals surface area contributed by atoms with Crippen molar-refractivity contribution in [2.75, 3.05) is 45.3 Å². The van der Waals surface area contributed by atoms with Gasteiger partial charge in [0.2, 0.25) is 0 Å². The molecule has 1 atom stereocenters. The van der Waals surface area contributed by atoms with Gasteiger partial charge in [0, 0.05) is 32.7 Å². The number of methoxy groups -OCH3 is 2. The minimum absolute atomic E-state index is 0.0542. The highest BCUT2D eigenvalue weighted by Crippen LogP contribution is 2.33. The molecule has 2 heterocycles. The van der Waals surface area contributed by atoms with Crippen LogP contribution in [-0.2, 0) is 13.0 Å². The van der Waals surface area contributed by atoms with E-state index >= 15 is 0 Å². The Labute approximate surface area is 212 Å². The van der Waals surface area contributed by atoms with E-state index in [2.05, 4.69) is 73.9 Å². The predicted molar refractivity (Wildman–Crippen MR) is 140 cm³/mol. The second-order valence-corrected chi connectivity index (χ2v) is 8.87. The molecule has 0 unspecified atom stereocenters. The van der Waals surface area contributed by atoms with Gasteiger partial charge in [0.1, 0.15) is 11.5 Å². The second-order valence-electron chi connectivity index (χ2n) is 8.87. The van der Waals surface area contributed by atoms with Crippen LogP contribution in [0.2, 0.25) is 0 Å². The lowest BCUT2D eigenvalue weighted by Gasteiger charge is -2.40. The first-order valence-electron chi connectivity index (χ1n) is 12.3. The second kappa shape index (κ2) is 11.2. The number of hydrogen-bond acceptors (Lipinski definition) is 7. The van der Waals surface area contributed by atoms with Crippen molar-refractivity contribution in [3.8, 4) is 11.5 Å². The van der Waals surface area contributed by atoms with E-state index in [4.69, 9.17) is 9.47 Å². The molecule has 0 aliphatic carbocycles. The fourth-order valence-corrected chi connectivity index (χ4v) is 4.87. The minimum Gasteiger partial charge on any atom is -0.497 e. The standard InChI is InChI=1S/C28H32N6O2/c1-35-24-14-12-23(13-15-24)27(28-29-30-31-34(28)17-16-22-8-4-3-5-9-22)33-20-18-32(19-21-33)25-10-6-7-11-26(25)36-2/h3-15,27H,16-21H2,1-2H3/t27-/m0/s1. The van der Waals surface area contributed by atoms with E-state index in [1.165, 1.54) is 5.56 Å². The van der Waals surface area contributed by atoms with Gasteiger partial charge < -0.3 is 14.4 Å². The van der Waals surface area contributed by atoms with E-state index in [9.17, 15) is 0 Å². The number of nitrogens with zero attached hydrogens (tertiary/aromatic N) is 6. The van der Waals surface area contributed by atoms with Crippen LogP contribution in [-0.4, -0.2) is 65.5 Å². The van der Waals surface area contributed by atoms with Crippen LogP contribution >= 0.6 is 0 Å². The van der Waals surface area contributed by atoms with Crippen molar-refractivity contribution >= 4 is 5.69 Å². The highest BCUT2D eigenvalue weighted by molar-refractivity contribution is 5.58. The van der Waals surface area contributed by atoms with Crippen LogP contribution < -0.4 is 14.4 Å². The molecule has 0 amide bonds. The average Bonchev–Trinajstić information content (AvgIpc) is 3.41. The molecular weight excluding hydrogens is 452 g/mol. The van der Waals surface area contributed by atoms with Gasteiger partial charge in [-0.1, -0.05) is 54.6 Å². The van der Waals surface area contributed by atoms with Crippen LogP contribution in [0.3, 0.4) is 0 Å². The summed E-state index contributed by atoms with van der Waals surface area (Å²) in [5.41, 5.74) is 3.55. The maximum atomic E-state index is 5.61. The third kappa shape index (κ3) is 5.18. The number of aryl methyl sites for hydroxylation is 2. The molecule has 1 aliphatic rings. The van der Waals surface area contributed by atoms with E-state index in [0.717, 1.165) is 67.7 Å². The summed E-state index contributed by atoms with van der Waals surface area (Å²) in [6.07, 6.45) is 0.871. The Kier molecular flexibility index (Phi) is 7.42. The largest absolute Gasteiger partial charge is 0.497 e. The molecule has 0 spiro atoms. The Morgan fingerprint density at radius 1 is 0.806 bits per heavy atom. The van der Waals surface area contributed by atoms with E-state index in [1.807, 2.05) is 35.0 Å². The fourth-order valence-electron chi connectivity index (χ4n) is 4.87. The predicted octanol–water partition coefficient (Wildman–Crippen LogP) is 3.84. The summed E-state index contributed by atoms with van der Waals surface area (Å²) in [5.74, 6) is 2.60. The van der Waals surface area contributed by atoms with Crippen LogP contribution in [0.25, 0.3) is 0 Å². The zero-order valence-corrected chi connectivity index (χ0v) is 20.8. The van der Waals surface area contributed by atoms with Gasteiger partial charge in [0.05, 0.1) is 25.9 Å². The number of anilines is 1. The monoisotopic (exact) mass is 484 g/mol. The van der Waals surface area contributed by atoms with Crippen LogP contribution in [0.4, 0.5) is 5.69 Å². The SMILES string of the molecule is COc1ccc([C@@H](c2nnnn2CCc2ccccc2)N2CCN(c3ccccc3OC)CC2)cc1. The molecule has 0 N–H and O–H groups in total. The van der Waals surface area contributed by atoms with Gasteiger partial charge in [-0.3, -0.25) is 4.90 Å². The molecule has 186 valence electrons. The van der Waals surface area contributed by atoms with Gasteiger partial charge in [-0.25, -0.2) is 4.68 Å². The minimum atomic E-state index is -0.0542. The molecule has 36 heavy (non-hydrogen) atoms. The van der Waals surface area contributed by atoms with E-state index in [0.29, 0.717) is 0 Å². The third-order valence-corrected chi connectivity index (χ3v) is 6.80. The summed E-state index contributed by atoms with van der Waals surface area (Å²) >= 11 is 0. The number of benzene rings is 3. The maximum absolute atomic E-state index is 5.61. The molecule has 1 aromatic heterocycles. The molecule has 3 aromatic carbocycles. The van der Waals surface area contributed by atoms with Crippen LogP contribution in [0.1, 0.15) is 23.0 Å². The van der Waals surface area contributed by atoms with Crippen LogP contribution in [0, 0.1) is 0 Å². The van der Waals surface area contributed by atoms with Crippen molar-refractivity contribution in [3.63, 3.8) is 0 Å². The molecule has 0 radical (unpaired) electrons. The Morgan fingerprint density at radius 2 is 1.53 bits per heavy atom. The zero-order chi connectivity index (χ0) is 24.7. The number of para-hydroxylation sites is 2. The van der Waals surface area contributed by atoms with E-state index in [-0.39, 0.29) is 6.04 Å². The Bertz CT molecular complexity index is 1240. The van der Waals surface area contributed by atoms with Gasteiger partial charge in [-0.05, 0) is 52.2 Å². The first kappa shape index (κ1) is 23.8. The van der Waals surface area contributed by atoms with Crippen LogP contribution in [0.5, 0.6) is 11.5 Å². The van der Waals surface area contributed by atoms with Crippen molar-refractivity contribution in [3.05, 3.63) is 95.8 Å². The Morgan fingerprint density at radius 3 is 2.25 bits per heavy atom. The molecule has 0 bridgehead atoms. The maximum Gasteiger partial charge on any atom is 0.173 e. The summed E-state index contributed by atoms with van der Waals surface area (Å²) in [7, 11) is 3.41. The van der Waals surface area contributed by atoms with Gasteiger partial charge >= 0.3 is 0 Å². The molecular formula is C28H32N6O2. The number of tetrazole rings is 1. The highest BCUT2D eigenvalue weighted by atomic mass is 16.5. The first-order valence-corrected chi connectivity index (χ1v) is 12.3. The topological polar surface area (TPSA) is 68.5 Å². The van der Waals surface area contributed by atoms with Crippen molar-refractivity contribution in [1.82, 2.24) is 25.1 Å². The summed E-state index contributed by atoms with van der Waals surface area (Å²) in [6.45, 7) is 4.25. The molecule has 1 fully saturated rings. The van der Waals surface area contributed by atoms with Gasteiger partial charge in [-0.15, -0.1) is 5.10 Å². The van der Waals surface area contributed by atoms with E-state index in [1.54, 1.807) is 14.2 Å². The lowest BCUT2D eigenvalue weighted by Crippen LogP contribution is -2.48. The molecule has 4 aromatic rings. The summed E-state index contributed by atoms with van der Waals surface area (Å²) < 4.78 is 13.0. The number of piperazine rings is 1. The molecule has 1 saturated heterocycles. The summed E-state index contributed by atoms with van der Waals surface area (Å²) in [5, 5.41) is 13.0. The number of aromatic nitrogens is 4. The lowest BCUT2D eigenvalue weighted by atomic mass is 10.0. The lowest BCUT2D eigenvalue weighted by molar-refractivity contribution is 0.200. The van der Waals surface area contributed by atoms with Gasteiger partial charge in [0.25, 0.3) is 0 Å². The third-order valence-electron chi connectivity index (χ3n) is 6.80. The molecule has 8 heteroatoms. The van der Waals surface area contributed by atoms with Crippen molar-refractivity contribution in [1.29, 1.82) is 0 Å². The summed E-state index contributed by atoms with van der Waals surface area (Å²) in [6, 6.07) is 26.9. The molecule has 5 rings (SSSR count). The van der Waals surface area contributed by atoms with Crippen molar-refractivity contribution in [2.45, 2.75) is 19.0 Å². The summed E-state index contributed by atoms with van der Waals surface area (Å²) in [4.78, 5) is 4.86. The number of ether oxygens (including phenoxy) is 2.